The Morgan fingerprint density at radius 1 is 1.00 bits per heavy atom. The highest BCUT2D eigenvalue weighted by atomic mass is 16.5. The maximum absolute atomic E-state index is 10.6. The molecule has 0 aromatic carbocycles. The van der Waals surface area contributed by atoms with E-state index in [0.717, 1.165) is 0 Å². The molecular formula is C10H16O10. The summed E-state index contributed by atoms with van der Waals surface area (Å²) in [5.74, 6) is -2.67. The molecule has 0 rings (SSSR count). The van der Waals surface area contributed by atoms with E-state index >= 15 is 0 Å². The van der Waals surface area contributed by atoms with Crippen LogP contribution in [0.2, 0.25) is 0 Å². The zero-order valence-electron chi connectivity index (χ0n) is 10.3. The summed E-state index contributed by atoms with van der Waals surface area (Å²) in [5, 5.41) is 45.1. The highest BCUT2D eigenvalue weighted by Crippen LogP contribution is 2.07. The average Bonchev–Trinajstić information content (AvgIpc) is 2.37. The van der Waals surface area contributed by atoms with Crippen LogP contribution in [-0.4, -0.2) is 88.0 Å². The van der Waals surface area contributed by atoms with E-state index in [9.17, 15) is 29.7 Å². The number of carbonyl (C=O) groups is 3. The summed E-state index contributed by atoms with van der Waals surface area (Å²) >= 11 is 0. The van der Waals surface area contributed by atoms with E-state index in [1.165, 1.54) is 0 Å². The number of carboxylic acid groups (broad SMARTS) is 2. The topological polar surface area (TPSA) is 171 Å². The molecule has 0 aliphatic heterocycles. The molecule has 0 bridgehead atoms. The molecule has 0 amide bonds. The van der Waals surface area contributed by atoms with Crippen molar-refractivity contribution in [2.24, 2.45) is 0 Å². The molecule has 20 heavy (non-hydrogen) atoms. The normalized spacial score (nSPS) is 16.9. The summed E-state index contributed by atoms with van der Waals surface area (Å²) in [7, 11) is 0. The van der Waals surface area contributed by atoms with Gasteiger partial charge in [0.2, 0.25) is 0 Å². The van der Waals surface area contributed by atoms with E-state index in [2.05, 4.69) is 9.47 Å². The quantitative estimate of drug-likeness (QED) is 0.245. The minimum absolute atomic E-state index is 0.0711. The van der Waals surface area contributed by atoms with E-state index in [0.29, 0.717) is 0 Å². The van der Waals surface area contributed by atoms with Crippen molar-refractivity contribution in [3.05, 3.63) is 0 Å². The summed E-state index contributed by atoms with van der Waals surface area (Å²) in [4.78, 5) is 31.0. The number of aldehydes is 1. The molecule has 0 aromatic rings. The van der Waals surface area contributed by atoms with Crippen molar-refractivity contribution in [1.29, 1.82) is 0 Å². The molecule has 0 heterocycles. The second-order valence-electron chi connectivity index (χ2n) is 3.76. The Balaban J connectivity index is 4.32. The van der Waals surface area contributed by atoms with Gasteiger partial charge in [-0.1, -0.05) is 0 Å². The van der Waals surface area contributed by atoms with Gasteiger partial charge >= 0.3 is 11.9 Å². The summed E-state index contributed by atoms with van der Waals surface area (Å²) in [6.45, 7) is -2.19. The predicted octanol–water partition coefficient (Wildman–Crippen LogP) is -3.16. The highest BCUT2D eigenvalue weighted by Gasteiger charge is 2.32. The number of ether oxygens (including phenoxy) is 2. The molecule has 0 aromatic heterocycles. The molecule has 4 atom stereocenters. The van der Waals surface area contributed by atoms with Gasteiger partial charge < -0.3 is 39.8 Å². The first kappa shape index (κ1) is 18.4. The Morgan fingerprint density at radius 3 is 2.00 bits per heavy atom. The fourth-order valence-corrected chi connectivity index (χ4v) is 1.17. The van der Waals surface area contributed by atoms with Crippen molar-refractivity contribution in [1.82, 2.24) is 0 Å². The Morgan fingerprint density at radius 2 is 1.55 bits per heavy atom. The third-order valence-corrected chi connectivity index (χ3v) is 2.13. The lowest BCUT2D eigenvalue weighted by Crippen LogP contribution is -2.48. The Hall–Kier alpha value is -1.59. The number of hydrogen-bond donors (Lipinski definition) is 5. The van der Waals surface area contributed by atoms with Crippen LogP contribution in [0.1, 0.15) is 0 Å². The summed E-state index contributed by atoms with van der Waals surface area (Å²) in [6.07, 6.45) is -7.04. The van der Waals surface area contributed by atoms with Crippen LogP contribution in [0.4, 0.5) is 0 Å². The minimum atomic E-state index is -1.89. The standard InChI is InChI=1S/C10H16O10/c11-1-6(20-4-8(15)16)10(18)9(17)5(12)2-19-3-7(13)14/h1,5-6,9-10,12,17-18H,2-4H2,(H,13,14)(H,15,16)/t5-,6+,9-,10-/m1/s1. The molecule has 5 N–H and O–H groups in total. The van der Waals surface area contributed by atoms with Gasteiger partial charge in [-0.05, 0) is 0 Å². The molecule has 0 aliphatic carbocycles. The fourth-order valence-electron chi connectivity index (χ4n) is 1.17. The third kappa shape index (κ3) is 7.11. The van der Waals surface area contributed by atoms with E-state index in [1.807, 2.05) is 0 Å². The summed E-state index contributed by atoms with van der Waals surface area (Å²) in [6, 6.07) is 0. The fraction of sp³-hybridized carbons (Fsp3) is 0.700. The molecule has 0 unspecified atom stereocenters. The molecule has 0 aliphatic rings. The smallest absolute Gasteiger partial charge is 0.329 e. The molecule has 116 valence electrons. The largest absolute Gasteiger partial charge is 0.480 e. The van der Waals surface area contributed by atoms with Gasteiger partial charge in [-0.3, -0.25) is 0 Å². The maximum atomic E-state index is 10.6. The van der Waals surface area contributed by atoms with Gasteiger partial charge in [-0.2, -0.15) is 0 Å². The lowest BCUT2D eigenvalue weighted by atomic mass is 10.0. The van der Waals surface area contributed by atoms with E-state index in [1.54, 1.807) is 0 Å². The number of hydrogen-bond acceptors (Lipinski definition) is 8. The van der Waals surface area contributed by atoms with Gasteiger partial charge in [-0.25, -0.2) is 9.59 Å². The van der Waals surface area contributed by atoms with Crippen LogP contribution in [0.15, 0.2) is 0 Å². The number of aliphatic hydroxyl groups excluding tert-OH is 3. The van der Waals surface area contributed by atoms with Gasteiger partial charge in [-0.15, -0.1) is 0 Å². The van der Waals surface area contributed by atoms with Gasteiger partial charge in [0.15, 0.2) is 6.29 Å². The SMILES string of the molecule is O=C[C@H](OCC(=O)O)[C@@H](O)[C@H](O)[C@H](O)COCC(=O)O. The average molecular weight is 296 g/mol. The number of aliphatic hydroxyl groups is 3. The van der Waals surface area contributed by atoms with E-state index in [-0.39, 0.29) is 6.29 Å². The Kier molecular flexibility index (Phi) is 8.59. The van der Waals surface area contributed by atoms with Crippen molar-refractivity contribution < 1.29 is 49.4 Å². The zero-order chi connectivity index (χ0) is 15.7. The van der Waals surface area contributed by atoms with Crippen LogP contribution in [0.25, 0.3) is 0 Å². The van der Waals surface area contributed by atoms with Crippen LogP contribution in [0.5, 0.6) is 0 Å². The van der Waals surface area contributed by atoms with Crippen LogP contribution < -0.4 is 0 Å². The minimum Gasteiger partial charge on any atom is -0.480 e. The molecule has 10 heteroatoms. The second-order valence-corrected chi connectivity index (χ2v) is 3.76. The predicted molar refractivity (Wildman–Crippen MR) is 59.9 cm³/mol. The van der Waals surface area contributed by atoms with Crippen molar-refractivity contribution in [3.63, 3.8) is 0 Å². The Labute approximate surface area is 113 Å². The van der Waals surface area contributed by atoms with E-state index < -0.39 is 56.2 Å². The number of aliphatic carboxylic acids is 2. The lowest BCUT2D eigenvalue weighted by molar-refractivity contribution is -0.160. The van der Waals surface area contributed by atoms with Crippen molar-refractivity contribution >= 4 is 18.2 Å². The van der Waals surface area contributed by atoms with Gasteiger partial charge in [0.1, 0.15) is 37.6 Å². The lowest BCUT2D eigenvalue weighted by Gasteiger charge is -2.26. The monoisotopic (exact) mass is 296 g/mol. The molecule has 0 radical (unpaired) electrons. The van der Waals surface area contributed by atoms with Crippen molar-refractivity contribution in [2.45, 2.75) is 24.4 Å². The first-order valence-corrected chi connectivity index (χ1v) is 5.42. The number of rotatable bonds is 11. The van der Waals surface area contributed by atoms with E-state index in [4.69, 9.17) is 10.2 Å². The third-order valence-electron chi connectivity index (χ3n) is 2.13. The van der Waals surface area contributed by atoms with Crippen molar-refractivity contribution in [2.75, 3.05) is 19.8 Å². The number of carboxylic acids is 2. The van der Waals surface area contributed by atoms with Gasteiger partial charge in [0.25, 0.3) is 0 Å². The molecule has 0 saturated carbocycles. The second kappa shape index (κ2) is 9.34. The molecule has 0 spiro atoms. The summed E-state index contributed by atoms with van der Waals surface area (Å²) in [5.41, 5.74) is 0. The zero-order valence-corrected chi connectivity index (χ0v) is 10.3. The van der Waals surface area contributed by atoms with Crippen LogP contribution >= 0.6 is 0 Å². The van der Waals surface area contributed by atoms with Crippen LogP contribution in [0, 0.1) is 0 Å². The van der Waals surface area contributed by atoms with Gasteiger partial charge in [0.05, 0.1) is 6.61 Å². The van der Waals surface area contributed by atoms with Crippen LogP contribution in [-0.2, 0) is 23.9 Å². The molecule has 10 nitrogen and oxygen atoms in total. The molecule has 0 saturated heterocycles. The number of carbonyl (C=O) groups excluding carboxylic acids is 1. The molecule has 0 fully saturated rings. The van der Waals surface area contributed by atoms with Crippen molar-refractivity contribution in [3.8, 4) is 0 Å². The Bertz CT molecular complexity index is 330. The van der Waals surface area contributed by atoms with Crippen LogP contribution in [0.3, 0.4) is 0 Å². The highest BCUT2D eigenvalue weighted by molar-refractivity contribution is 5.68. The first-order chi connectivity index (χ1) is 9.29. The maximum Gasteiger partial charge on any atom is 0.329 e. The van der Waals surface area contributed by atoms with Gasteiger partial charge in [0, 0.05) is 0 Å². The molecular weight excluding hydrogens is 280 g/mol. The first-order valence-electron chi connectivity index (χ1n) is 5.42. The summed E-state index contributed by atoms with van der Waals surface area (Å²) < 4.78 is 9.00.